The van der Waals surface area contributed by atoms with Gasteiger partial charge in [-0.05, 0) is 117 Å². The van der Waals surface area contributed by atoms with Crippen LogP contribution < -0.4 is 0 Å². The highest BCUT2D eigenvalue weighted by atomic mass is 16.8. The van der Waals surface area contributed by atoms with E-state index in [0.29, 0.717) is 25.7 Å². The van der Waals surface area contributed by atoms with Gasteiger partial charge < -0.3 is 79.1 Å². The molecule has 1 spiro atoms. The largest absolute Gasteiger partial charge is 0.455 e. The standard InChI is InChI=1S/C47H72O17/c1-21-28(50)30(52)32(54)37(59-21)63-35-34(62-38-33(55)31(53)29(51)24(19-48)60-38)23(49)20-58-39(35)61-27-12-13-42(4)25(41(27,2)3)11-14-44(6)26(42)10-9-22-36-46(8,57)45(7)16-18-47(36,40(56)64-45)17-15-43(22,44)5/h9-10,21,23-35,37-39,48-55,57H,11-20H2,1-8H3/t21-,23-,24+,25?,26?,27-,28-,29+,30+,31-,32+,33+,34-,35+,37-,38-,39-,42-,43+,44+,45-,46-,47+/m0/s1. The number of fused-ring (bicyclic) bond motifs is 7. The predicted octanol–water partition coefficient (Wildman–Crippen LogP) is 0.859. The van der Waals surface area contributed by atoms with Gasteiger partial charge in [0.2, 0.25) is 0 Å². The third-order valence-electron chi connectivity index (χ3n) is 19.1. The summed E-state index contributed by atoms with van der Waals surface area (Å²) in [5.74, 6) is 0.0865. The van der Waals surface area contributed by atoms with Gasteiger partial charge in [0, 0.05) is 0 Å². The van der Waals surface area contributed by atoms with Crippen molar-refractivity contribution in [3.8, 4) is 0 Å². The fraction of sp³-hybridized carbons (Fsp3) is 0.894. The van der Waals surface area contributed by atoms with E-state index in [9.17, 15) is 50.8 Å². The second-order valence-electron chi connectivity index (χ2n) is 22.6. The summed E-state index contributed by atoms with van der Waals surface area (Å²) in [5, 5.41) is 97.7. The van der Waals surface area contributed by atoms with E-state index in [-0.39, 0.29) is 40.7 Å². The molecule has 5 aliphatic heterocycles. The van der Waals surface area contributed by atoms with E-state index in [2.05, 4.69) is 46.8 Å². The predicted molar refractivity (Wildman–Crippen MR) is 222 cm³/mol. The highest BCUT2D eigenvalue weighted by Gasteiger charge is 2.73. The summed E-state index contributed by atoms with van der Waals surface area (Å²) in [6, 6.07) is 0. The molecule has 362 valence electrons. The molecule has 2 bridgehead atoms. The highest BCUT2D eigenvalue weighted by Crippen LogP contribution is 2.75. The molecule has 10 aliphatic rings. The van der Waals surface area contributed by atoms with E-state index in [1.807, 2.05) is 13.8 Å². The first kappa shape index (κ1) is 47.4. The van der Waals surface area contributed by atoms with E-state index in [1.165, 1.54) is 6.92 Å². The summed E-state index contributed by atoms with van der Waals surface area (Å²) in [4.78, 5) is 13.8. The molecule has 17 nitrogen and oxygen atoms in total. The number of carbonyl (C=O) groups excluding carboxylic acids is 1. The van der Waals surface area contributed by atoms with E-state index in [1.54, 1.807) is 0 Å². The van der Waals surface area contributed by atoms with E-state index < -0.39 is 121 Å². The van der Waals surface area contributed by atoms with Crippen LogP contribution in [0.5, 0.6) is 0 Å². The van der Waals surface area contributed by atoms with Gasteiger partial charge in [0.25, 0.3) is 0 Å². The SMILES string of the molecule is C[C@@H]1O[C@@H](O[C@H]2[C@H](O[C@H]3CC[C@@]4(C)C(CC[C@]5(C)C4C=CC4=C6[C@]7(CC[C@](C)(OC7=O)[C@@]6(C)O)CC[C@]45C)C3(C)C)OC[C@H](O)[C@@H]2O[C@@H]2O[C@H](CO)[C@@H](O)[C@H](O)[C@H]2O)[C@H](O)[C@H](O)[C@H]1O. The van der Waals surface area contributed by atoms with Crippen LogP contribution in [0, 0.1) is 38.9 Å². The van der Waals surface area contributed by atoms with Gasteiger partial charge in [0.1, 0.15) is 72.2 Å². The molecule has 23 atom stereocenters. The Balaban J connectivity index is 1.01. The van der Waals surface area contributed by atoms with Gasteiger partial charge in [0.05, 0.1) is 30.8 Å². The van der Waals surface area contributed by atoms with Gasteiger partial charge in [-0.2, -0.15) is 0 Å². The van der Waals surface area contributed by atoms with Crippen LogP contribution in [0.25, 0.3) is 0 Å². The summed E-state index contributed by atoms with van der Waals surface area (Å²) in [6.45, 7) is 15.7. The number of allylic oxidation sites excluding steroid dienone is 3. The van der Waals surface area contributed by atoms with Crippen molar-refractivity contribution in [1.82, 2.24) is 0 Å². The summed E-state index contributed by atoms with van der Waals surface area (Å²) in [7, 11) is 0. The zero-order valence-electron chi connectivity index (χ0n) is 38.3. The maximum absolute atomic E-state index is 13.8. The zero-order chi connectivity index (χ0) is 46.5. The van der Waals surface area contributed by atoms with E-state index >= 15 is 0 Å². The fourth-order valence-corrected chi connectivity index (χ4v) is 14.7. The van der Waals surface area contributed by atoms with Gasteiger partial charge in [-0.15, -0.1) is 0 Å². The van der Waals surface area contributed by atoms with Crippen molar-refractivity contribution in [3.63, 3.8) is 0 Å². The Labute approximate surface area is 374 Å². The number of esters is 1. The van der Waals surface area contributed by atoms with Crippen molar-refractivity contribution in [1.29, 1.82) is 0 Å². The van der Waals surface area contributed by atoms with Gasteiger partial charge in [0.15, 0.2) is 18.9 Å². The average Bonchev–Trinajstić information content (AvgIpc) is 3.23. The molecule has 0 aromatic carbocycles. The lowest BCUT2D eigenvalue weighted by molar-refractivity contribution is -0.388. The summed E-state index contributed by atoms with van der Waals surface area (Å²) in [6.07, 6.45) is -11.1. The molecule has 3 saturated carbocycles. The van der Waals surface area contributed by atoms with Gasteiger partial charge in [-0.3, -0.25) is 4.79 Å². The van der Waals surface area contributed by atoms with Gasteiger partial charge >= 0.3 is 5.97 Å². The van der Waals surface area contributed by atoms with Crippen molar-refractivity contribution >= 4 is 5.97 Å². The molecule has 0 aromatic heterocycles. The van der Waals surface area contributed by atoms with Crippen molar-refractivity contribution in [2.75, 3.05) is 13.2 Å². The number of hydrogen-bond acceptors (Lipinski definition) is 17. The van der Waals surface area contributed by atoms with Crippen molar-refractivity contribution in [2.45, 2.75) is 210 Å². The third kappa shape index (κ3) is 6.46. The molecule has 0 amide bonds. The molecule has 2 unspecified atom stereocenters. The molecular weight excluding hydrogens is 837 g/mol. The molecule has 9 N–H and O–H groups in total. The molecule has 17 heteroatoms. The van der Waals surface area contributed by atoms with Crippen molar-refractivity contribution in [2.24, 2.45) is 38.9 Å². The van der Waals surface area contributed by atoms with Crippen LogP contribution in [0.3, 0.4) is 0 Å². The monoisotopic (exact) mass is 908 g/mol. The first-order valence-corrected chi connectivity index (χ1v) is 23.5. The minimum absolute atomic E-state index is 0.146. The van der Waals surface area contributed by atoms with Crippen LogP contribution in [0.2, 0.25) is 0 Å². The maximum Gasteiger partial charge on any atom is 0.317 e. The second kappa shape index (κ2) is 15.7. The Hall–Kier alpha value is -1.65. The number of aliphatic hydroxyl groups excluding tert-OH is 8. The topological polar surface area (TPSA) is 264 Å². The van der Waals surface area contributed by atoms with Crippen LogP contribution in [0.1, 0.15) is 107 Å². The molecule has 5 heterocycles. The lowest BCUT2D eigenvalue weighted by atomic mass is 9.35. The molecule has 5 saturated heterocycles. The van der Waals surface area contributed by atoms with Crippen LogP contribution in [0.4, 0.5) is 0 Å². The first-order chi connectivity index (χ1) is 29.8. The van der Waals surface area contributed by atoms with Gasteiger partial charge in [-0.1, -0.05) is 46.8 Å². The number of ether oxygens (including phenoxy) is 7. The number of rotatable bonds is 7. The maximum atomic E-state index is 13.8. The quantitative estimate of drug-likeness (QED) is 0.127. The number of aliphatic hydroxyl groups is 9. The van der Waals surface area contributed by atoms with Crippen LogP contribution in [0.15, 0.2) is 23.3 Å². The smallest absolute Gasteiger partial charge is 0.317 e. The van der Waals surface area contributed by atoms with Crippen LogP contribution in [-0.2, 0) is 38.0 Å². The molecule has 10 rings (SSSR count). The average molecular weight is 909 g/mol. The van der Waals surface area contributed by atoms with Crippen molar-refractivity contribution < 1.29 is 83.9 Å². The van der Waals surface area contributed by atoms with Crippen molar-refractivity contribution in [3.05, 3.63) is 23.3 Å². The lowest BCUT2D eigenvalue weighted by Crippen LogP contribution is -2.71. The number of hydrogen-bond donors (Lipinski definition) is 9. The Bertz CT molecular complexity index is 1890. The van der Waals surface area contributed by atoms with Crippen LogP contribution in [-0.4, -0.2) is 168 Å². The fourth-order valence-electron chi connectivity index (χ4n) is 14.7. The second-order valence-corrected chi connectivity index (χ2v) is 22.6. The van der Waals surface area contributed by atoms with E-state index in [0.717, 1.165) is 36.8 Å². The zero-order valence-corrected chi connectivity index (χ0v) is 38.3. The molecule has 64 heavy (non-hydrogen) atoms. The normalized spacial score (nSPS) is 56.7. The third-order valence-corrected chi connectivity index (χ3v) is 19.1. The highest BCUT2D eigenvalue weighted by molar-refractivity contribution is 5.86. The molecular formula is C47H72O17. The Morgan fingerprint density at radius 3 is 2.03 bits per heavy atom. The first-order valence-electron chi connectivity index (χ1n) is 23.5. The summed E-state index contributed by atoms with van der Waals surface area (Å²) < 4.78 is 43.1. The molecule has 0 radical (unpaired) electrons. The Kier molecular flexibility index (Phi) is 11.6. The lowest BCUT2D eigenvalue weighted by Gasteiger charge is -2.71. The molecule has 0 aromatic rings. The molecule has 5 aliphatic carbocycles. The summed E-state index contributed by atoms with van der Waals surface area (Å²) >= 11 is 0. The van der Waals surface area contributed by atoms with Gasteiger partial charge in [-0.25, -0.2) is 0 Å². The molecule has 8 fully saturated rings. The minimum atomic E-state index is -1.81. The summed E-state index contributed by atoms with van der Waals surface area (Å²) in [5.41, 5.74) is -2.36. The Morgan fingerprint density at radius 1 is 0.719 bits per heavy atom. The Morgan fingerprint density at radius 2 is 1.36 bits per heavy atom. The minimum Gasteiger partial charge on any atom is -0.455 e. The van der Waals surface area contributed by atoms with E-state index in [4.69, 9.17) is 33.2 Å². The van der Waals surface area contributed by atoms with Crippen LogP contribution >= 0.6 is 0 Å². The number of carbonyl (C=O) groups is 1.